The van der Waals surface area contributed by atoms with Crippen molar-refractivity contribution < 1.29 is 9.90 Å². The van der Waals surface area contributed by atoms with Crippen molar-refractivity contribution in [2.75, 3.05) is 13.2 Å². The molecule has 0 aromatic heterocycles. The number of nitrogens with one attached hydrogen (secondary N) is 1. The Kier molecular flexibility index (Phi) is 8.82. The van der Waals surface area contributed by atoms with Crippen LogP contribution in [0.4, 0.5) is 4.79 Å². The average molecular weight is 433 g/mol. The fourth-order valence-corrected chi connectivity index (χ4v) is 3.37. The van der Waals surface area contributed by atoms with Crippen LogP contribution in [0, 0.1) is 6.92 Å². The number of hydrogen-bond donors (Lipinski definition) is 2. The van der Waals surface area contributed by atoms with Gasteiger partial charge in [0, 0.05) is 23.7 Å². The highest BCUT2D eigenvalue weighted by molar-refractivity contribution is 9.10. The monoisotopic (exact) mass is 432 g/mol. The number of hydrogen-bond acceptors (Lipinski definition) is 2. The lowest BCUT2D eigenvalue weighted by molar-refractivity contribution is 0.150. The second-order valence-electron chi connectivity index (χ2n) is 6.88. The summed E-state index contributed by atoms with van der Waals surface area (Å²) in [5.41, 5.74) is 2.46. The first kappa shape index (κ1) is 21.5. The Hall–Kier alpha value is -1.85. The molecular weight excluding hydrogens is 404 g/mol. The summed E-state index contributed by atoms with van der Waals surface area (Å²) in [6, 6.07) is 18.6. The number of amides is 2. The number of halogens is 1. The Balaban J connectivity index is 0.000000313. The van der Waals surface area contributed by atoms with Crippen molar-refractivity contribution in [3.63, 3.8) is 0 Å². The summed E-state index contributed by atoms with van der Waals surface area (Å²) in [5, 5.41) is 11.9. The van der Waals surface area contributed by atoms with Crippen molar-refractivity contribution >= 4 is 22.0 Å². The molecular formula is C22H29BrN2O2. The number of rotatable bonds is 5. The van der Waals surface area contributed by atoms with Gasteiger partial charge in [0.25, 0.3) is 0 Å². The summed E-state index contributed by atoms with van der Waals surface area (Å²) in [5.74, 6) is 0. The lowest BCUT2D eigenvalue weighted by Crippen LogP contribution is -2.52. The summed E-state index contributed by atoms with van der Waals surface area (Å²) in [6.45, 7) is 5.08. The van der Waals surface area contributed by atoms with Gasteiger partial charge in [-0.15, -0.1) is 0 Å². The van der Waals surface area contributed by atoms with Crippen LogP contribution in [0.2, 0.25) is 0 Å². The zero-order chi connectivity index (χ0) is 19.6. The van der Waals surface area contributed by atoms with E-state index >= 15 is 0 Å². The van der Waals surface area contributed by atoms with Crippen molar-refractivity contribution in [1.29, 1.82) is 0 Å². The molecule has 27 heavy (non-hydrogen) atoms. The maximum absolute atomic E-state index is 12.2. The Morgan fingerprint density at radius 1 is 1.19 bits per heavy atom. The van der Waals surface area contributed by atoms with Gasteiger partial charge in [0.1, 0.15) is 0 Å². The smallest absolute Gasteiger partial charge is 0.318 e. The van der Waals surface area contributed by atoms with E-state index in [-0.39, 0.29) is 24.7 Å². The van der Waals surface area contributed by atoms with Crippen LogP contribution in [-0.2, 0) is 0 Å². The van der Waals surface area contributed by atoms with Gasteiger partial charge in [-0.3, -0.25) is 0 Å². The molecule has 1 heterocycles. The first-order chi connectivity index (χ1) is 13.0. The van der Waals surface area contributed by atoms with E-state index in [0.717, 1.165) is 35.8 Å². The number of carbonyl (C=O) groups is 1. The summed E-state index contributed by atoms with van der Waals surface area (Å²) >= 11 is 3.42. The summed E-state index contributed by atoms with van der Waals surface area (Å²) in [4.78, 5) is 14.1. The summed E-state index contributed by atoms with van der Waals surface area (Å²) in [7, 11) is 0. The lowest BCUT2D eigenvalue weighted by Gasteiger charge is -2.37. The van der Waals surface area contributed by atoms with Gasteiger partial charge in [0.15, 0.2) is 0 Å². The highest BCUT2D eigenvalue weighted by Gasteiger charge is 2.28. The highest BCUT2D eigenvalue weighted by Crippen LogP contribution is 2.25. The summed E-state index contributed by atoms with van der Waals surface area (Å²) < 4.78 is 1.04. The Bertz CT molecular complexity index is 691. The Labute approximate surface area is 170 Å². The normalized spacial score (nSPS) is 17.6. The molecule has 2 aromatic rings. The first-order valence-corrected chi connectivity index (χ1v) is 10.3. The molecule has 0 saturated carbocycles. The molecule has 2 aromatic carbocycles. The van der Waals surface area contributed by atoms with E-state index in [4.69, 9.17) is 5.11 Å². The molecule has 146 valence electrons. The van der Waals surface area contributed by atoms with Gasteiger partial charge < -0.3 is 15.3 Å². The molecule has 0 aliphatic carbocycles. The largest absolute Gasteiger partial charge is 0.396 e. The minimum atomic E-state index is -0.00499. The van der Waals surface area contributed by atoms with Crippen LogP contribution in [0.25, 0.3) is 0 Å². The molecule has 2 unspecified atom stereocenters. The number of aliphatic hydroxyl groups is 1. The molecule has 4 nitrogen and oxygen atoms in total. The third kappa shape index (κ3) is 7.00. The van der Waals surface area contributed by atoms with Gasteiger partial charge >= 0.3 is 6.03 Å². The van der Waals surface area contributed by atoms with Gasteiger partial charge in [0.2, 0.25) is 0 Å². The molecule has 0 radical (unpaired) electrons. The molecule has 0 bridgehead atoms. The van der Waals surface area contributed by atoms with E-state index in [1.807, 2.05) is 47.4 Å². The number of benzene rings is 2. The maximum atomic E-state index is 12.2. The zero-order valence-corrected chi connectivity index (χ0v) is 17.7. The second kappa shape index (κ2) is 11.1. The van der Waals surface area contributed by atoms with Crippen LogP contribution in [0.15, 0.2) is 59.1 Å². The van der Waals surface area contributed by atoms with E-state index in [1.54, 1.807) is 0 Å². The number of urea groups is 1. The summed E-state index contributed by atoms with van der Waals surface area (Å²) in [6.07, 6.45) is 2.53. The number of nitrogens with zero attached hydrogens (tertiary/aromatic N) is 1. The fourth-order valence-electron chi connectivity index (χ4n) is 3.11. The fraction of sp³-hybridized carbons (Fsp3) is 0.409. The molecule has 5 heteroatoms. The van der Waals surface area contributed by atoms with Gasteiger partial charge in [-0.05, 0) is 50.8 Å². The predicted molar refractivity (Wildman–Crippen MR) is 114 cm³/mol. The Morgan fingerprint density at radius 2 is 1.85 bits per heavy atom. The molecule has 0 spiro atoms. The van der Waals surface area contributed by atoms with E-state index in [1.165, 1.54) is 5.56 Å². The van der Waals surface area contributed by atoms with E-state index in [2.05, 4.69) is 47.2 Å². The molecule has 2 amide bonds. The third-order valence-electron chi connectivity index (χ3n) is 4.78. The van der Waals surface area contributed by atoms with E-state index < -0.39 is 0 Å². The van der Waals surface area contributed by atoms with Crippen LogP contribution < -0.4 is 5.32 Å². The van der Waals surface area contributed by atoms with Crippen molar-refractivity contribution in [2.45, 2.75) is 45.2 Å². The molecule has 2 atom stereocenters. The predicted octanol–water partition coefficient (Wildman–Crippen LogP) is 5.06. The van der Waals surface area contributed by atoms with Gasteiger partial charge in [-0.25, -0.2) is 4.79 Å². The van der Waals surface area contributed by atoms with E-state index in [9.17, 15) is 4.79 Å². The minimum absolute atomic E-state index is 0.00499. The van der Waals surface area contributed by atoms with Crippen LogP contribution in [0.1, 0.15) is 43.4 Å². The Morgan fingerprint density at radius 3 is 2.37 bits per heavy atom. The van der Waals surface area contributed by atoms with Crippen molar-refractivity contribution in [3.8, 4) is 0 Å². The highest BCUT2D eigenvalue weighted by atomic mass is 79.9. The second-order valence-corrected chi connectivity index (χ2v) is 7.79. The van der Waals surface area contributed by atoms with Crippen molar-refractivity contribution in [1.82, 2.24) is 10.2 Å². The van der Waals surface area contributed by atoms with Crippen molar-refractivity contribution in [3.05, 3.63) is 70.2 Å². The van der Waals surface area contributed by atoms with Gasteiger partial charge in [-0.1, -0.05) is 64.0 Å². The van der Waals surface area contributed by atoms with Gasteiger partial charge in [0.05, 0.1) is 6.04 Å². The third-order valence-corrected chi connectivity index (χ3v) is 5.31. The van der Waals surface area contributed by atoms with Crippen LogP contribution >= 0.6 is 15.9 Å². The quantitative estimate of drug-likeness (QED) is 0.693. The van der Waals surface area contributed by atoms with Gasteiger partial charge in [-0.2, -0.15) is 0 Å². The maximum Gasteiger partial charge on any atom is 0.318 e. The first-order valence-electron chi connectivity index (χ1n) is 9.46. The van der Waals surface area contributed by atoms with Crippen molar-refractivity contribution in [2.24, 2.45) is 0 Å². The van der Waals surface area contributed by atoms with E-state index in [0.29, 0.717) is 0 Å². The van der Waals surface area contributed by atoms with Crippen LogP contribution in [-0.4, -0.2) is 35.2 Å². The topological polar surface area (TPSA) is 52.6 Å². The number of aliphatic hydroxyl groups excluding tert-OH is 1. The number of aryl methyl sites for hydroxylation is 1. The molecule has 1 fully saturated rings. The standard InChI is InChI=1S/C15H21BrN2O2.C7H8/c1-11(12-4-6-13(16)7-5-12)18-9-8-14(3-2-10-19)17-15(18)20;1-7-5-3-2-4-6-7/h4-7,11,14,19H,2-3,8-10H2,1H3,(H,17,20);2-6H,1H3. The van der Waals surface area contributed by atoms with Crippen LogP contribution in [0.5, 0.6) is 0 Å². The molecule has 1 aliphatic heterocycles. The number of carbonyl (C=O) groups excluding carboxylic acids is 1. The SMILES string of the molecule is CC(c1ccc(Br)cc1)N1CCC(CCCO)NC1=O.Cc1ccccc1. The lowest BCUT2D eigenvalue weighted by atomic mass is 10.0. The molecule has 1 saturated heterocycles. The molecule has 3 rings (SSSR count). The molecule has 2 N–H and O–H groups in total. The average Bonchev–Trinajstić information content (AvgIpc) is 2.68. The zero-order valence-electron chi connectivity index (χ0n) is 16.1. The van der Waals surface area contributed by atoms with Crippen LogP contribution in [0.3, 0.4) is 0 Å². The minimum Gasteiger partial charge on any atom is -0.396 e. The molecule has 1 aliphatic rings.